The first kappa shape index (κ1) is 13.3. The number of fused-ring (bicyclic) bond motifs is 3. The zero-order valence-electron chi connectivity index (χ0n) is 11.6. The molecule has 1 aliphatic carbocycles. The average Bonchev–Trinajstić information content (AvgIpc) is 3.22. The van der Waals surface area contributed by atoms with E-state index in [9.17, 15) is 13.2 Å². The Morgan fingerprint density at radius 3 is 2.43 bits per heavy atom. The fourth-order valence-corrected chi connectivity index (χ4v) is 4.04. The minimum Gasteiger partial charge on any atom is -0.279 e. The Morgan fingerprint density at radius 1 is 1.00 bits per heavy atom. The minimum atomic E-state index is -4.31. The number of aliphatic imine (C=N–C) groups is 1. The van der Waals surface area contributed by atoms with E-state index in [0.717, 1.165) is 31.2 Å². The molecule has 2 heterocycles. The first-order valence-corrected chi connectivity index (χ1v) is 7.54. The summed E-state index contributed by atoms with van der Waals surface area (Å²) in [5, 5.41) is 0. The molecule has 2 fully saturated rings. The zero-order valence-corrected chi connectivity index (χ0v) is 11.6. The van der Waals surface area contributed by atoms with Gasteiger partial charge in [-0.25, -0.2) is 0 Å². The lowest BCUT2D eigenvalue weighted by atomic mass is 9.89. The van der Waals surface area contributed by atoms with Gasteiger partial charge in [0, 0.05) is 6.04 Å². The maximum Gasteiger partial charge on any atom is 0.430 e. The van der Waals surface area contributed by atoms with Crippen LogP contribution in [0, 0.1) is 0 Å². The predicted molar refractivity (Wildman–Crippen MR) is 74.3 cm³/mol. The van der Waals surface area contributed by atoms with E-state index < -0.39 is 17.9 Å². The first-order chi connectivity index (χ1) is 10.1. The topological polar surface area (TPSA) is 15.4 Å². The second-order valence-corrected chi connectivity index (χ2v) is 6.18. The highest BCUT2D eigenvalue weighted by Crippen LogP contribution is 2.53. The number of benzene rings is 1. The maximum absolute atomic E-state index is 13.3. The molecule has 1 saturated heterocycles. The molecular formula is C16H17F3N2. The largest absolute Gasteiger partial charge is 0.430 e. The fourth-order valence-electron chi connectivity index (χ4n) is 4.04. The lowest BCUT2D eigenvalue weighted by Crippen LogP contribution is -2.45. The standard InChI is InChI=1S/C16H17F3N2/c17-16(18,19)15-14-13(10-6-2-1-3-7-10)21(14)12-9-5-4-8-11(12)20-15/h1-3,6-7,11-14H,4-5,8-9H2/t11-,12-,13-,14+,21?/m0/s1. The van der Waals surface area contributed by atoms with Gasteiger partial charge in [0.1, 0.15) is 5.71 Å². The van der Waals surface area contributed by atoms with Crippen molar-refractivity contribution in [2.75, 3.05) is 0 Å². The summed E-state index contributed by atoms with van der Waals surface area (Å²) in [7, 11) is 0. The molecule has 2 aliphatic heterocycles. The third-order valence-corrected chi connectivity index (χ3v) is 4.95. The molecule has 4 rings (SSSR count). The summed E-state index contributed by atoms with van der Waals surface area (Å²) in [6.07, 6.45) is -0.462. The van der Waals surface area contributed by atoms with Crippen LogP contribution >= 0.6 is 0 Å². The van der Waals surface area contributed by atoms with E-state index >= 15 is 0 Å². The number of hydrogen-bond acceptors (Lipinski definition) is 2. The molecule has 1 saturated carbocycles. The number of rotatable bonds is 1. The van der Waals surface area contributed by atoms with Crippen molar-refractivity contribution in [1.29, 1.82) is 0 Å². The molecule has 0 amide bonds. The summed E-state index contributed by atoms with van der Waals surface area (Å²) in [5.74, 6) is 0. The van der Waals surface area contributed by atoms with Crippen LogP contribution in [0.25, 0.3) is 0 Å². The van der Waals surface area contributed by atoms with Gasteiger partial charge < -0.3 is 0 Å². The van der Waals surface area contributed by atoms with Crippen LogP contribution in [0.5, 0.6) is 0 Å². The molecule has 5 heteroatoms. The molecule has 0 spiro atoms. The molecule has 1 aromatic rings. The third kappa shape index (κ3) is 2.09. The van der Waals surface area contributed by atoms with Crippen LogP contribution < -0.4 is 0 Å². The van der Waals surface area contributed by atoms with Crippen LogP contribution in [0.4, 0.5) is 13.2 Å². The second kappa shape index (κ2) is 4.57. The van der Waals surface area contributed by atoms with Gasteiger partial charge in [-0.05, 0) is 18.4 Å². The first-order valence-electron chi connectivity index (χ1n) is 7.54. The summed E-state index contributed by atoms with van der Waals surface area (Å²) < 4.78 is 39.9. The van der Waals surface area contributed by atoms with Crippen LogP contribution in [0.2, 0.25) is 0 Å². The molecule has 2 nitrogen and oxygen atoms in total. The molecular weight excluding hydrogens is 277 g/mol. The van der Waals surface area contributed by atoms with Crippen molar-refractivity contribution in [2.24, 2.45) is 4.99 Å². The molecule has 0 N–H and O–H groups in total. The summed E-state index contributed by atoms with van der Waals surface area (Å²) >= 11 is 0. The third-order valence-electron chi connectivity index (χ3n) is 4.95. The normalized spacial score (nSPS) is 38.2. The number of nitrogens with zero attached hydrogens (tertiary/aromatic N) is 2. The second-order valence-electron chi connectivity index (χ2n) is 6.18. The monoisotopic (exact) mass is 294 g/mol. The van der Waals surface area contributed by atoms with E-state index in [1.807, 2.05) is 30.3 Å². The van der Waals surface area contributed by atoms with E-state index in [1.165, 1.54) is 0 Å². The van der Waals surface area contributed by atoms with E-state index in [2.05, 4.69) is 9.89 Å². The van der Waals surface area contributed by atoms with E-state index in [4.69, 9.17) is 0 Å². The highest BCUT2D eigenvalue weighted by Gasteiger charge is 2.64. The molecule has 0 bridgehead atoms. The van der Waals surface area contributed by atoms with E-state index in [0.29, 0.717) is 0 Å². The molecule has 5 atom stereocenters. The van der Waals surface area contributed by atoms with Gasteiger partial charge in [0.05, 0.1) is 18.1 Å². The van der Waals surface area contributed by atoms with Gasteiger partial charge in [0.25, 0.3) is 0 Å². The number of halogens is 3. The summed E-state index contributed by atoms with van der Waals surface area (Å²) in [6.45, 7) is 0. The molecule has 0 aromatic heterocycles. The Labute approximate surface area is 121 Å². The quantitative estimate of drug-likeness (QED) is 0.720. The SMILES string of the molecule is FC(F)(F)C1=N[C@H]2CCCC[C@@H]2N2[C@@H]1[C@@H]2c1ccccc1. The Hall–Kier alpha value is -1.36. The highest BCUT2D eigenvalue weighted by molar-refractivity contribution is 5.98. The molecule has 1 aromatic carbocycles. The van der Waals surface area contributed by atoms with E-state index in [-0.39, 0.29) is 18.1 Å². The van der Waals surface area contributed by atoms with Gasteiger partial charge in [0.15, 0.2) is 0 Å². The molecule has 112 valence electrons. The fraction of sp³-hybridized carbons (Fsp3) is 0.562. The summed E-state index contributed by atoms with van der Waals surface area (Å²) in [6, 6.07) is 8.86. The molecule has 3 aliphatic rings. The van der Waals surface area contributed by atoms with Gasteiger partial charge in [0.2, 0.25) is 0 Å². The minimum absolute atomic E-state index is 0.139. The van der Waals surface area contributed by atoms with Crippen molar-refractivity contribution >= 4 is 5.71 Å². The van der Waals surface area contributed by atoms with Crippen LogP contribution in [-0.4, -0.2) is 34.9 Å². The van der Waals surface area contributed by atoms with Gasteiger partial charge in [-0.2, -0.15) is 13.2 Å². The van der Waals surface area contributed by atoms with Crippen molar-refractivity contribution in [3.8, 4) is 0 Å². The van der Waals surface area contributed by atoms with Crippen LogP contribution in [-0.2, 0) is 0 Å². The maximum atomic E-state index is 13.3. The van der Waals surface area contributed by atoms with Gasteiger partial charge in [-0.3, -0.25) is 9.89 Å². The Bertz CT molecular complexity index is 567. The van der Waals surface area contributed by atoms with Crippen LogP contribution in [0.15, 0.2) is 35.3 Å². The zero-order chi connectivity index (χ0) is 14.6. The van der Waals surface area contributed by atoms with Gasteiger partial charge >= 0.3 is 6.18 Å². The summed E-state index contributed by atoms with van der Waals surface area (Å²) in [4.78, 5) is 6.17. The average molecular weight is 294 g/mol. The molecule has 21 heavy (non-hydrogen) atoms. The van der Waals surface area contributed by atoms with Crippen molar-refractivity contribution < 1.29 is 13.2 Å². The van der Waals surface area contributed by atoms with Crippen molar-refractivity contribution in [2.45, 2.75) is 56.0 Å². The molecule has 1 unspecified atom stereocenters. The lowest BCUT2D eigenvalue weighted by molar-refractivity contribution is -0.0624. The Balaban J connectivity index is 1.72. The number of hydrogen-bond donors (Lipinski definition) is 0. The Morgan fingerprint density at radius 2 is 1.71 bits per heavy atom. The number of alkyl halides is 3. The van der Waals surface area contributed by atoms with Gasteiger partial charge in [-0.1, -0.05) is 43.2 Å². The molecule has 0 radical (unpaired) electrons. The van der Waals surface area contributed by atoms with Crippen molar-refractivity contribution in [1.82, 2.24) is 4.90 Å². The van der Waals surface area contributed by atoms with Crippen molar-refractivity contribution in [3.05, 3.63) is 35.9 Å². The summed E-state index contributed by atoms with van der Waals surface area (Å²) in [5.41, 5.74) is 0.421. The van der Waals surface area contributed by atoms with Crippen LogP contribution in [0.3, 0.4) is 0 Å². The van der Waals surface area contributed by atoms with Gasteiger partial charge in [-0.15, -0.1) is 0 Å². The van der Waals surface area contributed by atoms with E-state index in [1.54, 1.807) is 0 Å². The highest BCUT2D eigenvalue weighted by atomic mass is 19.4. The van der Waals surface area contributed by atoms with Crippen LogP contribution in [0.1, 0.15) is 37.3 Å². The predicted octanol–water partition coefficient (Wildman–Crippen LogP) is 3.74. The Kier molecular flexibility index (Phi) is 2.89. The van der Waals surface area contributed by atoms with Crippen molar-refractivity contribution in [3.63, 3.8) is 0 Å². The lowest BCUT2D eigenvalue weighted by Gasteiger charge is -2.34. The smallest absolute Gasteiger partial charge is 0.279 e.